The van der Waals surface area contributed by atoms with Gasteiger partial charge in [-0.1, -0.05) is 39.0 Å². The molecule has 4 heterocycles. The largest absolute Gasteiger partial charge is 0.341 e. The molecular formula is C28H37N7. The minimum Gasteiger partial charge on any atom is -0.341 e. The summed E-state index contributed by atoms with van der Waals surface area (Å²) in [6.07, 6.45) is 10.6. The molecule has 0 N–H and O–H groups in total. The number of rotatable bonds is 5. The molecule has 7 heteroatoms. The lowest BCUT2D eigenvalue weighted by molar-refractivity contribution is 0.393. The predicted octanol–water partition coefficient (Wildman–Crippen LogP) is 5.64. The molecule has 0 unspecified atom stereocenters. The molecule has 1 aliphatic heterocycles. The molecule has 1 saturated heterocycles. The van der Waals surface area contributed by atoms with Gasteiger partial charge in [0, 0.05) is 44.0 Å². The molecule has 35 heavy (non-hydrogen) atoms. The van der Waals surface area contributed by atoms with Crippen molar-refractivity contribution >= 4 is 17.1 Å². The van der Waals surface area contributed by atoms with Crippen molar-refractivity contribution in [2.24, 2.45) is 0 Å². The summed E-state index contributed by atoms with van der Waals surface area (Å²) in [5.74, 6) is 0.801. The minimum absolute atomic E-state index is 0.105. The monoisotopic (exact) mass is 471 g/mol. The van der Waals surface area contributed by atoms with Gasteiger partial charge in [0.2, 0.25) is 5.95 Å². The number of hydrogen-bond donors (Lipinski definition) is 0. The van der Waals surface area contributed by atoms with Gasteiger partial charge in [0.25, 0.3) is 0 Å². The molecule has 0 amide bonds. The van der Waals surface area contributed by atoms with Crippen molar-refractivity contribution in [1.29, 1.82) is 0 Å². The zero-order valence-corrected chi connectivity index (χ0v) is 21.9. The molecule has 1 fully saturated rings. The Balaban J connectivity index is 1.51. The summed E-state index contributed by atoms with van der Waals surface area (Å²) in [6.45, 7) is 15.2. The summed E-state index contributed by atoms with van der Waals surface area (Å²) in [5.41, 5.74) is 6.97. The molecule has 0 spiro atoms. The van der Waals surface area contributed by atoms with Gasteiger partial charge in [-0.25, -0.2) is 15.0 Å². The standard InChI is InChI=1S/C28H37N7/c1-19(2)35-18-30-26-25(35)24(16-21-15-22(28(4,5)6)8-7-20(21)3)31-27(32-26)33-12-9-23(10-13-33)34-14-11-29-17-34/h7-8,11,14-15,17-19,23H,9-10,12-13,16H2,1-6H3. The number of fused-ring (bicyclic) bond motifs is 1. The van der Waals surface area contributed by atoms with Crippen molar-refractivity contribution in [3.8, 4) is 0 Å². The van der Waals surface area contributed by atoms with E-state index in [0.29, 0.717) is 12.1 Å². The maximum Gasteiger partial charge on any atom is 0.227 e. The summed E-state index contributed by atoms with van der Waals surface area (Å²) >= 11 is 0. The third-order valence-corrected chi connectivity index (χ3v) is 7.31. The summed E-state index contributed by atoms with van der Waals surface area (Å²) in [6, 6.07) is 7.63. The van der Waals surface area contributed by atoms with Gasteiger partial charge in [0.1, 0.15) is 5.52 Å². The second-order valence-corrected chi connectivity index (χ2v) is 11.2. The molecule has 0 radical (unpaired) electrons. The van der Waals surface area contributed by atoms with Gasteiger partial charge < -0.3 is 14.0 Å². The van der Waals surface area contributed by atoms with E-state index in [0.717, 1.165) is 55.2 Å². The summed E-state index contributed by atoms with van der Waals surface area (Å²) in [7, 11) is 0. The van der Waals surface area contributed by atoms with Crippen molar-refractivity contribution < 1.29 is 0 Å². The highest BCUT2D eigenvalue weighted by molar-refractivity contribution is 5.76. The van der Waals surface area contributed by atoms with E-state index in [1.807, 2.05) is 18.9 Å². The molecule has 1 aromatic carbocycles. The first kappa shape index (κ1) is 23.5. The van der Waals surface area contributed by atoms with Gasteiger partial charge in [-0.05, 0) is 55.7 Å². The second-order valence-electron chi connectivity index (χ2n) is 11.2. The molecule has 3 aromatic heterocycles. The first-order valence-electron chi connectivity index (χ1n) is 12.8. The first-order valence-corrected chi connectivity index (χ1v) is 12.8. The first-order chi connectivity index (χ1) is 16.7. The lowest BCUT2D eigenvalue weighted by Gasteiger charge is -2.32. The van der Waals surface area contributed by atoms with Crippen molar-refractivity contribution in [3.63, 3.8) is 0 Å². The molecule has 184 valence electrons. The van der Waals surface area contributed by atoms with Crippen LogP contribution in [-0.4, -0.2) is 42.2 Å². The van der Waals surface area contributed by atoms with Gasteiger partial charge in [0.05, 0.1) is 18.3 Å². The number of nitrogens with zero attached hydrogens (tertiary/aromatic N) is 7. The van der Waals surface area contributed by atoms with Crippen LogP contribution in [-0.2, 0) is 11.8 Å². The van der Waals surface area contributed by atoms with Crippen molar-refractivity contribution in [2.45, 2.75) is 78.3 Å². The Morgan fingerprint density at radius 2 is 1.83 bits per heavy atom. The Bertz CT molecular complexity index is 1300. The van der Waals surface area contributed by atoms with Gasteiger partial charge in [0.15, 0.2) is 5.65 Å². The third-order valence-electron chi connectivity index (χ3n) is 7.31. The van der Waals surface area contributed by atoms with Crippen molar-refractivity contribution in [1.82, 2.24) is 29.1 Å². The molecule has 0 saturated carbocycles. The quantitative estimate of drug-likeness (QED) is 0.377. The van der Waals surface area contributed by atoms with E-state index in [-0.39, 0.29) is 5.41 Å². The van der Waals surface area contributed by atoms with Crippen molar-refractivity contribution in [3.05, 3.63) is 65.6 Å². The SMILES string of the molecule is Cc1ccc(C(C)(C)C)cc1Cc1nc(N2CCC(n3ccnc3)CC2)nc2ncn(C(C)C)c12. The fraction of sp³-hybridized carbons (Fsp3) is 0.500. The summed E-state index contributed by atoms with van der Waals surface area (Å²) in [4.78, 5) is 21.4. The van der Waals surface area contributed by atoms with Crippen LogP contribution in [0.5, 0.6) is 0 Å². The van der Waals surface area contributed by atoms with E-state index in [4.69, 9.17) is 15.0 Å². The number of anilines is 1. The van der Waals surface area contributed by atoms with Crippen molar-refractivity contribution in [2.75, 3.05) is 18.0 Å². The highest BCUT2D eigenvalue weighted by Crippen LogP contribution is 2.30. The molecule has 0 atom stereocenters. The average Bonchev–Trinajstić information content (AvgIpc) is 3.50. The van der Waals surface area contributed by atoms with E-state index in [2.05, 4.69) is 85.0 Å². The minimum atomic E-state index is 0.105. The van der Waals surface area contributed by atoms with Crippen LogP contribution in [0.2, 0.25) is 0 Å². The van der Waals surface area contributed by atoms with E-state index >= 15 is 0 Å². The highest BCUT2D eigenvalue weighted by atomic mass is 15.3. The number of piperidine rings is 1. The number of aromatic nitrogens is 6. The van der Waals surface area contributed by atoms with Crippen LogP contribution >= 0.6 is 0 Å². The summed E-state index contributed by atoms with van der Waals surface area (Å²) < 4.78 is 4.44. The van der Waals surface area contributed by atoms with Crippen LogP contribution in [0.15, 0.2) is 43.2 Å². The normalized spacial score (nSPS) is 15.5. The smallest absolute Gasteiger partial charge is 0.227 e. The lowest BCUT2D eigenvalue weighted by atomic mass is 9.84. The molecular weight excluding hydrogens is 434 g/mol. The topological polar surface area (TPSA) is 64.7 Å². The van der Waals surface area contributed by atoms with Gasteiger partial charge in [-0.15, -0.1) is 0 Å². The van der Waals surface area contributed by atoms with Crippen LogP contribution in [0.25, 0.3) is 11.2 Å². The number of benzene rings is 1. The molecule has 4 aromatic rings. The van der Waals surface area contributed by atoms with Crippen LogP contribution in [0.4, 0.5) is 5.95 Å². The van der Waals surface area contributed by atoms with E-state index in [1.165, 1.54) is 16.7 Å². The summed E-state index contributed by atoms with van der Waals surface area (Å²) in [5, 5.41) is 0. The third kappa shape index (κ3) is 4.68. The van der Waals surface area contributed by atoms with E-state index < -0.39 is 0 Å². The van der Waals surface area contributed by atoms with Gasteiger partial charge in [-0.2, -0.15) is 4.98 Å². The lowest BCUT2D eigenvalue weighted by Crippen LogP contribution is -2.35. The molecule has 0 bridgehead atoms. The van der Waals surface area contributed by atoms with Crippen LogP contribution in [0.1, 0.15) is 81.9 Å². The predicted molar refractivity (Wildman–Crippen MR) is 141 cm³/mol. The maximum atomic E-state index is 5.19. The Morgan fingerprint density at radius 1 is 1.06 bits per heavy atom. The van der Waals surface area contributed by atoms with Crippen LogP contribution in [0, 0.1) is 6.92 Å². The maximum absolute atomic E-state index is 5.19. The van der Waals surface area contributed by atoms with Crippen LogP contribution in [0.3, 0.4) is 0 Å². The number of imidazole rings is 2. The number of hydrogen-bond acceptors (Lipinski definition) is 5. The van der Waals surface area contributed by atoms with Gasteiger partial charge >= 0.3 is 0 Å². The van der Waals surface area contributed by atoms with Gasteiger partial charge in [-0.3, -0.25) is 0 Å². The highest BCUT2D eigenvalue weighted by Gasteiger charge is 2.25. The Hall–Kier alpha value is -3.22. The Labute approximate surface area is 208 Å². The second kappa shape index (κ2) is 9.10. The molecule has 0 aliphatic carbocycles. The number of aryl methyl sites for hydroxylation is 1. The van der Waals surface area contributed by atoms with E-state index in [9.17, 15) is 0 Å². The van der Waals surface area contributed by atoms with Crippen LogP contribution < -0.4 is 4.90 Å². The molecule has 1 aliphatic rings. The molecule has 5 rings (SSSR count). The Kier molecular flexibility index (Phi) is 6.11. The molecule has 7 nitrogen and oxygen atoms in total. The fourth-order valence-corrected chi connectivity index (χ4v) is 5.02. The zero-order chi connectivity index (χ0) is 24.7. The average molecular weight is 472 g/mol. The van der Waals surface area contributed by atoms with E-state index in [1.54, 1.807) is 0 Å². The Morgan fingerprint density at radius 3 is 2.49 bits per heavy atom. The zero-order valence-electron chi connectivity index (χ0n) is 21.9. The fourth-order valence-electron chi connectivity index (χ4n) is 5.02.